The van der Waals surface area contributed by atoms with E-state index < -0.39 is 13.1 Å². The van der Waals surface area contributed by atoms with Crippen LogP contribution in [0.5, 0.6) is 0 Å². The number of alkyl halides is 1. The maximum atomic E-state index is 9.96. The van der Waals surface area contributed by atoms with Gasteiger partial charge in [0.1, 0.15) is 0 Å². The second-order valence-corrected chi connectivity index (χ2v) is 2.85. The van der Waals surface area contributed by atoms with Crippen LogP contribution in [-0.2, 0) is 4.79 Å². The molecule has 0 bridgehead atoms. The Bertz CT molecular complexity index is 109. The molecule has 2 nitrogen and oxygen atoms in total. The minimum atomic E-state index is -1.00. The van der Waals surface area contributed by atoms with Crippen molar-refractivity contribution in [3.63, 3.8) is 0 Å². The molecule has 0 aromatic rings. The average molecular weight is 209 g/mol. The molecular formula is C11H25FO2. The van der Waals surface area contributed by atoms with E-state index in [1.807, 2.05) is 6.92 Å². The lowest BCUT2D eigenvalue weighted by atomic mass is 10.3. The Kier molecular flexibility index (Phi) is 25.9. The molecule has 3 heteroatoms. The molecular weight excluding hydrogens is 183 g/mol. The second-order valence-electron chi connectivity index (χ2n) is 2.85. The zero-order chi connectivity index (χ0) is 12.5. The van der Waals surface area contributed by atoms with E-state index in [-0.39, 0.29) is 0 Å². The second kappa shape index (κ2) is 22.8. The quantitative estimate of drug-likeness (QED) is 0.741. The summed E-state index contributed by atoms with van der Waals surface area (Å²) in [5.41, 5.74) is 0. The smallest absolute Gasteiger partial charge is 0.303 e. The van der Waals surface area contributed by atoms with Gasteiger partial charge in [-0.2, -0.15) is 0 Å². The Balaban J connectivity index is -0.000000158. The van der Waals surface area contributed by atoms with Gasteiger partial charge >= 0.3 is 5.97 Å². The standard InChI is InChI=1S/C5H10O2.C5H12.CH3F/c1-2-3-4-5(6)7;1-3-5-4-2;1-2/h2-4H2,1H3,(H,6,7);3-5H2,1-2H3;1H3/i;;1D. The van der Waals surface area contributed by atoms with E-state index >= 15 is 0 Å². The van der Waals surface area contributed by atoms with Crippen LogP contribution in [0.4, 0.5) is 4.39 Å². The third-order valence-electron chi connectivity index (χ3n) is 1.45. The molecule has 0 aromatic heterocycles. The maximum Gasteiger partial charge on any atom is 0.303 e. The van der Waals surface area contributed by atoms with Gasteiger partial charge in [0.2, 0.25) is 0 Å². The summed E-state index contributed by atoms with van der Waals surface area (Å²) >= 11 is 0. The van der Waals surface area contributed by atoms with Crippen LogP contribution >= 0.6 is 0 Å². The molecule has 0 aliphatic rings. The number of hydrogen-bond acceptors (Lipinski definition) is 1. The van der Waals surface area contributed by atoms with Crippen LogP contribution < -0.4 is 0 Å². The van der Waals surface area contributed by atoms with Gasteiger partial charge < -0.3 is 5.11 Å². The van der Waals surface area contributed by atoms with Crippen molar-refractivity contribution in [2.24, 2.45) is 0 Å². The van der Waals surface area contributed by atoms with Crippen LogP contribution in [0.15, 0.2) is 0 Å². The van der Waals surface area contributed by atoms with E-state index in [1.54, 1.807) is 0 Å². The van der Waals surface area contributed by atoms with Gasteiger partial charge in [-0.05, 0) is 6.42 Å². The lowest BCUT2D eigenvalue weighted by molar-refractivity contribution is -0.137. The van der Waals surface area contributed by atoms with Crippen LogP contribution in [0.1, 0.15) is 60.7 Å². The Morgan fingerprint density at radius 1 is 1.21 bits per heavy atom. The highest BCUT2D eigenvalue weighted by molar-refractivity contribution is 5.66. The van der Waals surface area contributed by atoms with E-state index in [1.165, 1.54) is 19.3 Å². The van der Waals surface area contributed by atoms with E-state index in [0.717, 1.165) is 12.8 Å². The van der Waals surface area contributed by atoms with Crippen LogP contribution in [0.25, 0.3) is 0 Å². The summed E-state index contributed by atoms with van der Waals surface area (Å²) in [7, 11) is -1.00. The Morgan fingerprint density at radius 2 is 1.57 bits per heavy atom. The number of carboxylic acid groups (broad SMARTS) is 1. The van der Waals surface area contributed by atoms with Gasteiger partial charge in [0.15, 0.2) is 0 Å². The van der Waals surface area contributed by atoms with Crippen molar-refractivity contribution >= 4 is 5.97 Å². The molecule has 0 unspecified atom stereocenters. The highest BCUT2D eigenvalue weighted by Gasteiger charge is 1.90. The fourth-order valence-electron chi connectivity index (χ4n) is 0.682. The van der Waals surface area contributed by atoms with Crippen LogP contribution in [0.3, 0.4) is 0 Å². The van der Waals surface area contributed by atoms with Crippen molar-refractivity contribution < 1.29 is 15.7 Å². The van der Waals surface area contributed by atoms with Crippen molar-refractivity contribution in [3.05, 3.63) is 0 Å². The summed E-state index contributed by atoms with van der Waals surface area (Å²) < 4.78 is 15.5. The minimum Gasteiger partial charge on any atom is -0.481 e. The van der Waals surface area contributed by atoms with Crippen LogP contribution in [0, 0.1) is 0 Å². The van der Waals surface area contributed by atoms with Crippen molar-refractivity contribution in [2.45, 2.75) is 59.3 Å². The zero-order valence-corrected chi connectivity index (χ0v) is 9.68. The van der Waals surface area contributed by atoms with Crippen molar-refractivity contribution in [1.29, 1.82) is 0 Å². The van der Waals surface area contributed by atoms with Gasteiger partial charge in [-0.15, -0.1) is 0 Å². The third kappa shape index (κ3) is 42.3. The van der Waals surface area contributed by atoms with Crippen LogP contribution in [0.2, 0.25) is 0 Å². The van der Waals surface area contributed by atoms with Gasteiger partial charge in [0, 0.05) is 6.42 Å². The van der Waals surface area contributed by atoms with E-state index in [2.05, 4.69) is 13.8 Å². The molecule has 0 fully saturated rings. The first-order valence-electron chi connectivity index (χ1n) is 5.88. The number of rotatable bonds is 5. The third-order valence-corrected chi connectivity index (χ3v) is 1.45. The summed E-state index contributed by atoms with van der Waals surface area (Å²) in [5.74, 6) is -0.693. The normalized spacial score (nSPS) is 8.71. The molecule has 0 spiro atoms. The fourth-order valence-corrected chi connectivity index (χ4v) is 0.682. The Labute approximate surface area is 88.9 Å². The Morgan fingerprint density at radius 3 is 1.64 bits per heavy atom. The van der Waals surface area contributed by atoms with E-state index in [4.69, 9.17) is 6.48 Å². The lowest BCUT2D eigenvalue weighted by Gasteiger charge is -1.85. The van der Waals surface area contributed by atoms with Gasteiger partial charge in [-0.1, -0.05) is 46.5 Å². The van der Waals surface area contributed by atoms with Gasteiger partial charge in [-0.25, -0.2) is 0 Å². The molecule has 0 aliphatic carbocycles. The van der Waals surface area contributed by atoms with Gasteiger partial charge in [0.05, 0.1) is 8.52 Å². The largest absolute Gasteiger partial charge is 0.481 e. The maximum absolute atomic E-state index is 9.96. The fraction of sp³-hybridized carbons (Fsp3) is 0.909. The van der Waals surface area contributed by atoms with Gasteiger partial charge in [-0.3, -0.25) is 9.18 Å². The first-order chi connectivity index (χ1) is 7.10. The number of carboxylic acids is 1. The molecule has 0 rings (SSSR count). The molecule has 0 radical (unpaired) electrons. The number of aliphatic carboxylic acids is 1. The molecule has 88 valence electrons. The zero-order valence-electron chi connectivity index (χ0n) is 10.7. The predicted molar refractivity (Wildman–Crippen MR) is 59.4 cm³/mol. The highest BCUT2D eigenvalue weighted by atomic mass is 19.1. The number of carbonyl (C=O) groups is 1. The highest BCUT2D eigenvalue weighted by Crippen LogP contribution is 1.91. The first kappa shape index (κ1) is 15.9. The minimum absolute atomic E-state index is 0.316. The molecule has 0 atom stereocenters. The molecule has 1 N–H and O–H groups in total. The molecule has 0 saturated carbocycles. The predicted octanol–water partition coefficient (Wildman–Crippen LogP) is 4.04. The molecule has 0 heterocycles. The summed E-state index contributed by atoms with van der Waals surface area (Å²) in [4.78, 5) is 9.76. The van der Waals surface area contributed by atoms with Crippen LogP contribution in [-0.4, -0.2) is 18.2 Å². The lowest BCUT2D eigenvalue weighted by Crippen LogP contribution is -1.91. The van der Waals surface area contributed by atoms with E-state index in [0.29, 0.717) is 6.42 Å². The molecule has 0 amide bonds. The number of halogens is 1. The molecule has 14 heavy (non-hydrogen) atoms. The van der Waals surface area contributed by atoms with E-state index in [9.17, 15) is 9.18 Å². The van der Waals surface area contributed by atoms with Gasteiger partial charge in [0.25, 0.3) is 0 Å². The number of hydrogen-bond donors (Lipinski definition) is 1. The summed E-state index contributed by atoms with van der Waals surface area (Å²) in [6.45, 7) is 6.40. The molecule has 0 aliphatic heterocycles. The SMILES string of the molecule is CCCCC.CCCCC(=O)O.[2H]CF. The topological polar surface area (TPSA) is 37.3 Å². The van der Waals surface area contributed by atoms with Crippen molar-refractivity contribution in [2.75, 3.05) is 7.15 Å². The first-order valence-corrected chi connectivity index (χ1v) is 5.17. The van der Waals surface area contributed by atoms with Crippen molar-refractivity contribution in [1.82, 2.24) is 0 Å². The van der Waals surface area contributed by atoms with Crippen molar-refractivity contribution in [3.8, 4) is 0 Å². The molecule has 0 saturated heterocycles. The number of unbranched alkanes of at least 4 members (excludes halogenated alkanes) is 3. The summed E-state index contributed by atoms with van der Waals surface area (Å²) in [6.07, 6.45) is 6.16. The summed E-state index contributed by atoms with van der Waals surface area (Å²) in [5, 5.41) is 8.04. The monoisotopic (exact) mass is 209 g/mol. The summed E-state index contributed by atoms with van der Waals surface area (Å²) in [6, 6.07) is 0. The molecule has 0 aromatic carbocycles. The average Bonchev–Trinajstić information content (AvgIpc) is 2.18. The Hall–Kier alpha value is -0.600.